The first-order chi connectivity index (χ1) is 8.58. The van der Waals surface area contributed by atoms with Crippen LogP contribution in [0.3, 0.4) is 0 Å². The van der Waals surface area contributed by atoms with E-state index >= 15 is 0 Å². The lowest BCUT2D eigenvalue weighted by Gasteiger charge is -2.18. The summed E-state index contributed by atoms with van der Waals surface area (Å²) in [6.07, 6.45) is 0. The second kappa shape index (κ2) is 5.45. The van der Waals surface area contributed by atoms with Gasteiger partial charge in [-0.25, -0.2) is 9.07 Å². The summed E-state index contributed by atoms with van der Waals surface area (Å²) in [6.45, 7) is 1.99. The number of aromatic nitrogens is 4. The Bertz CT molecular complexity index is 512. The molecule has 2 N–H and O–H groups in total. The van der Waals surface area contributed by atoms with Crippen molar-refractivity contribution in [2.75, 3.05) is 0 Å². The van der Waals surface area contributed by atoms with Crippen LogP contribution in [0, 0.1) is 5.82 Å². The van der Waals surface area contributed by atoms with Crippen LogP contribution in [0.25, 0.3) is 0 Å². The molecule has 0 spiro atoms. The van der Waals surface area contributed by atoms with Gasteiger partial charge in [-0.2, -0.15) is 0 Å². The molecule has 2 aromatic rings. The van der Waals surface area contributed by atoms with Crippen LogP contribution in [0.15, 0.2) is 29.4 Å². The monoisotopic (exact) mass is 267 g/mol. The molecule has 1 aromatic carbocycles. The van der Waals surface area contributed by atoms with Gasteiger partial charge in [0.25, 0.3) is 0 Å². The van der Waals surface area contributed by atoms with Crippen molar-refractivity contribution in [3.8, 4) is 0 Å². The normalized spacial score (nSPS) is 14.4. The zero-order chi connectivity index (χ0) is 13.1. The minimum Gasteiger partial charge on any atom is -0.323 e. The molecule has 2 unspecified atom stereocenters. The third kappa shape index (κ3) is 2.85. The molecule has 1 heterocycles. The van der Waals surface area contributed by atoms with Crippen molar-refractivity contribution >= 4 is 11.8 Å². The molecule has 2 atom stereocenters. The zero-order valence-electron chi connectivity index (χ0n) is 10.1. The van der Waals surface area contributed by atoms with E-state index in [1.807, 2.05) is 6.92 Å². The number of hydrogen-bond acceptors (Lipinski definition) is 5. The number of thioether (sulfide) groups is 1. The van der Waals surface area contributed by atoms with Crippen LogP contribution < -0.4 is 5.73 Å². The first kappa shape index (κ1) is 13.0. The van der Waals surface area contributed by atoms with Crippen LogP contribution in [0.2, 0.25) is 0 Å². The van der Waals surface area contributed by atoms with Gasteiger partial charge < -0.3 is 5.73 Å². The molecule has 5 nitrogen and oxygen atoms in total. The molecule has 0 aliphatic heterocycles. The molecule has 0 saturated carbocycles. The lowest BCUT2D eigenvalue weighted by atomic mass is 10.1. The highest BCUT2D eigenvalue weighted by Gasteiger charge is 2.18. The third-order valence-corrected chi connectivity index (χ3v) is 3.85. The quantitative estimate of drug-likeness (QED) is 0.851. The molecule has 0 radical (unpaired) electrons. The standard InChI is InChI=1S/C11H14FN5S/c1-7(18-11-14-15-16-17(11)2)10(13)8-3-5-9(12)6-4-8/h3-7,10H,13H2,1-2H3. The van der Waals surface area contributed by atoms with Crippen molar-refractivity contribution in [2.24, 2.45) is 12.8 Å². The maximum Gasteiger partial charge on any atom is 0.209 e. The molecular formula is C11H14FN5S. The van der Waals surface area contributed by atoms with E-state index in [0.29, 0.717) is 5.16 Å². The molecule has 0 saturated heterocycles. The highest BCUT2D eigenvalue weighted by atomic mass is 32.2. The van der Waals surface area contributed by atoms with E-state index < -0.39 is 0 Å². The predicted octanol–water partition coefficient (Wildman–Crippen LogP) is 1.53. The number of nitrogens with two attached hydrogens (primary N) is 1. The number of aryl methyl sites for hydroxylation is 1. The average Bonchev–Trinajstić information content (AvgIpc) is 2.75. The van der Waals surface area contributed by atoms with Crippen LogP contribution in [0.1, 0.15) is 18.5 Å². The van der Waals surface area contributed by atoms with Crippen LogP contribution in [-0.2, 0) is 7.05 Å². The first-order valence-electron chi connectivity index (χ1n) is 5.48. The van der Waals surface area contributed by atoms with Gasteiger partial charge >= 0.3 is 0 Å². The highest BCUT2D eigenvalue weighted by Crippen LogP contribution is 2.28. The summed E-state index contributed by atoms with van der Waals surface area (Å²) < 4.78 is 14.4. The first-order valence-corrected chi connectivity index (χ1v) is 6.36. The lowest BCUT2D eigenvalue weighted by molar-refractivity contribution is 0.624. The van der Waals surface area contributed by atoms with E-state index in [2.05, 4.69) is 15.5 Å². The SMILES string of the molecule is CC(Sc1nnnn1C)C(N)c1ccc(F)cc1. The molecule has 96 valence electrons. The predicted molar refractivity (Wildman–Crippen MR) is 67.4 cm³/mol. The summed E-state index contributed by atoms with van der Waals surface area (Å²) in [7, 11) is 1.78. The van der Waals surface area contributed by atoms with E-state index in [0.717, 1.165) is 5.56 Å². The number of halogens is 1. The van der Waals surface area contributed by atoms with Gasteiger partial charge in [-0.1, -0.05) is 30.8 Å². The third-order valence-electron chi connectivity index (χ3n) is 2.63. The van der Waals surface area contributed by atoms with Crippen molar-refractivity contribution < 1.29 is 4.39 Å². The zero-order valence-corrected chi connectivity index (χ0v) is 10.9. The molecular weight excluding hydrogens is 253 g/mol. The van der Waals surface area contributed by atoms with Gasteiger partial charge in [0.05, 0.1) is 0 Å². The number of nitrogens with zero attached hydrogens (tertiary/aromatic N) is 4. The van der Waals surface area contributed by atoms with E-state index in [9.17, 15) is 4.39 Å². The summed E-state index contributed by atoms with van der Waals surface area (Å²) in [5.74, 6) is -0.260. The minimum atomic E-state index is -0.260. The van der Waals surface area contributed by atoms with Crippen molar-refractivity contribution in [2.45, 2.75) is 23.4 Å². The Labute approximate surface area is 109 Å². The fourth-order valence-electron chi connectivity index (χ4n) is 1.52. The maximum absolute atomic E-state index is 12.8. The van der Waals surface area contributed by atoms with E-state index in [-0.39, 0.29) is 17.1 Å². The Morgan fingerprint density at radius 3 is 2.56 bits per heavy atom. The molecule has 7 heteroatoms. The second-order valence-corrected chi connectivity index (χ2v) is 5.33. The summed E-state index contributed by atoms with van der Waals surface area (Å²) in [5, 5.41) is 12.0. The number of rotatable bonds is 4. The molecule has 0 bridgehead atoms. The molecule has 18 heavy (non-hydrogen) atoms. The Kier molecular flexibility index (Phi) is 3.93. The van der Waals surface area contributed by atoms with Gasteiger partial charge in [0.2, 0.25) is 5.16 Å². The van der Waals surface area contributed by atoms with Crippen LogP contribution >= 0.6 is 11.8 Å². The average molecular weight is 267 g/mol. The Balaban J connectivity index is 2.07. The van der Waals surface area contributed by atoms with Gasteiger partial charge in [-0.3, -0.25) is 0 Å². The Morgan fingerprint density at radius 2 is 2.00 bits per heavy atom. The summed E-state index contributed by atoms with van der Waals surface area (Å²) in [6, 6.07) is 6.03. The minimum absolute atomic E-state index is 0.0835. The molecule has 1 aromatic heterocycles. The van der Waals surface area contributed by atoms with Crippen LogP contribution in [-0.4, -0.2) is 25.5 Å². The van der Waals surface area contributed by atoms with E-state index in [1.165, 1.54) is 23.9 Å². The van der Waals surface area contributed by atoms with Gasteiger partial charge in [-0.15, -0.1) is 5.10 Å². The summed E-state index contributed by atoms with van der Waals surface area (Å²) in [5.41, 5.74) is 7.03. The Hall–Kier alpha value is -1.47. The topological polar surface area (TPSA) is 69.6 Å². The molecule has 0 aliphatic rings. The number of hydrogen-bond donors (Lipinski definition) is 1. The number of benzene rings is 1. The molecule has 0 aliphatic carbocycles. The smallest absolute Gasteiger partial charge is 0.209 e. The molecule has 0 fully saturated rings. The van der Waals surface area contributed by atoms with Gasteiger partial charge in [0.1, 0.15) is 5.82 Å². The fraction of sp³-hybridized carbons (Fsp3) is 0.364. The summed E-state index contributed by atoms with van der Waals surface area (Å²) >= 11 is 1.49. The lowest BCUT2D eigenvalue weighted by Crippen LogP contribution is -2.21. The van der Waals surface area contributed by atoms with Crippen LogP contribution in [0.4, 0.5) is 4.39 Å². The molecule has 0 amide bonds. The number of tetrazole rings is 1. The largest absolute Gasteiger partial charge is 0.323 e. The van der Waals surface area contributed by atoms with Gasteiger partial charge in [0, 0.05) is 18.3 Å². The van der Waals surface area contributed by atoms with Gasteiger partial charge in [0.15, 0.2) is 0 Å². The van der Waals surface area contributed by atoms with Crippen molar-refractivity contribution in [3.05, 3.63) is 35.6 Å². The maximum atomic E-state index is 12.8. The second-order valence-electron chi connectivity index (χ2n) is 3.99. The summed E-state index contributed by atoms with van der Waals surface area (Å²) in [4.78, 5) is 0. The highest BCUT2D eigenvalue weighted by molar-refractivity contribution is 7.99. The molecule has 2 rings (SSSR count). The van der Waals surface area contributed by atoms with Gasteiger partial charge in [-0.05, 0) is 28.1 Å². The Morgan fingerprint density at radius 1 is 1.33 bits per heavy atom. The van der Waals surface area contributed by atoms with Crippen molar-refractivity contribution in [3.63, 3.8) is 0 Å². The van der Waals surface area contributed by atoms with Crippen molar-refractivity contribution in [1.82, 2.24) is 20.2 Å². The van der Waals surface area contributed by atoms with E-state index in [4.69, 9.17) is 5.73 Å². The van der Waals surface area contributed by atoms with Crippen molar-refractivity contribution in [1.29, 1.82) is 0 Å². The fourth-order valence-corrected chi connectivity index (χ4v) is 2.43. The van der Waals surface area contributed by atoms with Crippen LogP contribution in [0.5, 0.6) is 0 Å². The van der Waals surface area contributed by atoms with E-state index in [1.54, 1.807) is 23.9 Å².